The highest BCUT2D eigenvalue weighted by Gasteiger charge is 2.34. The van der Waals surface area contributed by atoms with Crippen LogP contribution in [-0.2, 0) is 13.0 Å². The van der Waals surface area contributed by atoms with Gasteiger partial charge in [-0.3, -0.25) is 4.98 Å². The number of pyridine rings is 1. The largest absolute Gasteiger partial charge is 0.573 e. The first-order valence-electron chi connectivity index (χ1n) is 4.92. The van der Waals surface area contributed by atoms with Gasteiger partial charge in [0.15, 0.2) is 0 Å². The van der Waals surface area contributed by atoms with Crippen LogP contribution in [-0.4, -0.2) is 11.3 Å². The van der Waals surface area contributed by atoms with Crippen molar-refractivity contribution < 1.29 is 26.7 Å². The Morgan fingerprint density at radius 1 is 1.42 bits per heavy atom. The molecule has 0 aliphatic heterocycles. The van der Waals surface area contributed by atoms with Crippen LogP contribution in [0.15, 0.2) is 6.07 Å². The minimum atomic E-state index is -5.12. The van der Waals surface area contributed by atoms with E-state index in [1.165, 1.54) is 0 Å². The van der Waals surface area contributed by atoms with Gasteiger partial charge in [0.05, 0.1) is 29.4 Å². The Hall–Kier alpha value is -1.95. The van der Waals surface area contributed by atoms with Crippen molar-refractivity contribution in [2.24, 2.45) is 5.73 Å². The van der Waals surface area contributed by atoms with Crippen LogP contribution in [0.5, 0.6) is 5.75 Å². The van der Waals surface area contributed by atoms with E-state index in [4.69, 9.17) is 11.0 Å². The second kappa shape index (κ2) is 5.79. The third-order valence-corrected chi connectivity index (χ3v) is 2.05. The maximum atomic E-state index is 12.8. The first-order chi connectivity index (χ1) is 8.78. The molecule has 1 aromatic heterocycles. The molecule has 19 heavy (non-hydrogen) atoms. The second-order valence-corrected chi connectivity index (χ2v) is 3.36. The summed E-state index contributed by atoms with van der Waals surface area (Å²) in [5.74, 6) is -1.08. The molecule has 1 heterocycles. The minimum absolute atomic E-state index is 0.0751. The SMILES string of the molecule is N#CCc1nc(CN)cc(OC(F)(F)F)c1C(F)F. The number of aromatic nitrogens is 1. The van der Waals surface area contributed by atoms with E-state index >= 15 is 0 Å². The zero-order valence-electron chi connectivity index (χ0n) is 9.34. The molecule has 0 saturated heterocycles. The lowest BCUT2D eigenvalue weighted by Crippen LogP contribution is -2.20. The van der Waals surface area contributed by atoms with Crippen molar-refractivity contribution >= 4 is 0 Å². The van der Waals surface area contributed by atoms with E-state index in [0.717, 1.165) is 0 Å². The molecule has 0 saturated carbocycles. The molecule has 4 nitrogen and oxygen atoms in total. The zero-order valence-corrected chi connectivity index (χ0v) is 9.34. The Balaban J connectivity index is 3.40. The van der Waals surface area contributed by atoms with Crippen molar-refractivity contribution in [3.8, 4) is 11.8 Å². The van der Waals surface area contributed by atoms with Crippen molar-refractivity contribution in [2.45, 2.75) is 25.8 Å². The second-order valence-electron chi connectivity index (χ2n) is 3.36. The zero-order chi connectivity index (χ0) is 14.6. The standard InChI is InChI=1S/C10H8F5N3O/c11-9(12)8-6(1-2-16)18-5(4-17)3-7(8)19-10(13,14)15/h3,9H,1,4,17H2. The first kappa shape index (κ1) is 15.1. The molecule has 0 atom stereocenters. The quantitative estimate of drug-likeness (QED) is 0.860. The average Bonchev–Trinajstić information content (AvgIpc) is 2.26. The van der Waals surface area contributed by atoms with E-state index in [0.29, 0.717) is 6.07 Å². The van der Waals surface area contributed by atoms with Crippen LogP contribution in [0, 0.1) is 11.3 Å². The maximum absolute atomic E-state index is 12.8. The monoisotopic (exact) mass is 281 g/mol. The number of rotatable bonds is 4. The fourth-order valence-electron chi connectivity index (χ4n) is 1.39. The molecule has 0 spiro atoms. The summed E-state index contributed by atoms with van der Waals surface area (Å²) in [5, 5.41) is 8.48. The van der Waals surface area contributed by atoms with Gasteiger partial charge in [-0.25, -0.2) is 8.78 Å². The minimum Gasteiger partial charge on any atom is -0.405 e. The Morgan fingerprint density at radius 2 is 2.05 bits per heavy atom. The molecule has 0 aliphatic carbocycles. The highest BCUT2D eigenvalue weighted by molar-refractivity contribution is 5.40. The molecule has 1 rings (SSSR count). The molecule has 0 aromatic carbocycles. The predicted octanol–water partition coefficient (Wildman–Crippen LogP) is 2.44. The van der Waals surface area contributed by atoms with E-state index < -0.39 is 36.2 Å². The van der Waals surface area contributed by atoms with Crippen LogP contribution in [0.2, 0.25) is 0 Å². The van der Waals surface area contributed by atoms with Gasteiger partial charge in [0.1, 0.15) is 5.75 Å². The van der Waals surface area contributed by atoms with E-state index in [-0.39, 0.29) is 12.2 Å². The summed E-state index contributed by atoms with van der Waals surface area (Å²) in [4.78, 5) is 3.62. The maximum Gasteiger partial charge on any atom is 0.573 e. The first-order valence-corrected chi connectivity index (χ1v) is 4.92. The number of hydrogen-bond acceptors (Lipinski definition) is 4. The summed E-state index contributed by atoms with van der Waals surface area (Å²) in [7, 11) is 0. The lowest BCUT2D eigenvalue weighted by Gasteiger charge is -2.16. The van der Waals surface area contributed by atoms with E-state index in [1.807, 2.05) is 0 Å². The summed E-state index contributed by atoms with van der Waals surface area (Å²) in [5.41, 5.74) is 3.61. The van der Waals surface area contributed by atoms with E-state index in [2.05, 4.69) is 9.72 Å². The van der Waals surface area contributed by atoms with Crippen molar-refractivity contribution in [1.82, 2.24) is 4.98 Å². The fraction of sp³-hybridized carbons (Fsp3) is 0.400. The number of alkyl halides is 5. The Kier molecular flexibility index (Phi) is 4.61. The number of nitrogens with two attached hydrogens (primary N) is 1. The molecular formula is C10H8F5N3O. The van der Waals surface area contributed by atoms with Gasteiger partial charge in [0.2, 0.25) is 0 Å². The van der Waals surface area contributed by atoms with Crippen LogP contribution in [0.25, 0.3) is 0 Å². The molecule has 0 fully saturated rings. The van der Waals surface area contributed by atoms with E-state index in [1.54, 1.807) is 6.07 Å². The molecular weight excluding hydrogens is 273 g/mol. The molecule has 9 heteroatoms. The van der Waals surface area contributed by atoms with Crippen LogP contribution in [0.3, 0.4) is 0 Å². The van der Waals surface area contributed by atoms with Gasteiger partial charge in [0, 0.05) is 12.6 Å². The van der Waals surface area contributed by atoms with Gasteiger partial charge in [-0.1, -0.05) is 0 Å². The molecule has 2 N–H and O–H groups in total. The van der Waals surface area contributed by atoms with Crippen molar-refractivity contribution in [3.63, 3.8) is 0 Å². The Bertz CT molecular complexity index is 495. The summed E-state index contributed by atoms with van der Waals surface area (Å²) in [6.45, 7) is -0.268. The Labute approximate surface area is 104 Å². The Morgan fingerprint density at radius 3 is 2.47 bits per heavy atom. The smallest absolute Gasteiger partial charge is 0.405 e. The van der Waals surface area contributed by atoms with Crippen LogP contribution >= 0.6 is 0 Å². The number of nitriles is 1. The lowest BCUT2D eigenvalue weighted by molar-refractivity contribution is -0.275. The highest BCUT2D eigenvalue weighted by Crippen LogP contribution is 2.35. The number of ether oxygens (including phenoxy) is 1. The van der Waals surface area contributed by atoms with Crippen molar-refractivity contribution in [1.29, 1.82) is 5.26 Å². The van der Waals surface area contributed by atoms with Gasteiger partial charge < -0.3 is 10.5 Å². The highest BCUT2D eigenvalue weighted by atomic mass is 19.4. The molecule has 0 aliphatic rings. The number of hydrogen-bond donors (Lipinski definition) is 1. The summed E-state index contributed by atoms with van der Waals surface area (Å²) < 4.78 is 65.6. The molecule has 1 aromatic rings. The van der Waals surface area contributed by atoms with Gasteiger partial charge in [-0.05, 0) is 0 Å². The summed E-state index contributed by atoms with van der Waals surface area (Å²) >= 11 is 0. The molecule has 104 valence electrons. The van der Waals surface area contributed by atoms with Crippen molar-refractivity contribution in [3.05, 3.63) is 23.0 Å². The molecule has 0 bridgehead atoms. The molecule has 0 unspecified atom stereocenters. The van der Waals surface area contributed by atoms with E-state index in [9.17, 15) is 22.0 Å². The number of halogens is 5. The lowest BCUT2D eigenvalue weighted by atomic mass is 10.1. The van der Waals surface area contributed by atoms with Crippen LogP contribution in [0.1, 0.15) is 23.4 Å². The van der Waals surface area contributed by atoms with Crippen molar-refractivity contribution in [2.75, 3.05) is 0 Å². The van der Waals surface area contributed by atoms with Gasteiger partial charge in [0.25, 0.3) is 6.43 Å². The molecule has 0 radical (unpaired) electrons. The van der Waals surface area contributed by atoms with Gasteiger partial charge in [-0.2, -0.15) is 5.26 Å². The topological polar surface area (TPSA) is 71.9 Å². The fourth-order valence-corrected chi connectivity index (χ4v) is 1.39. The third kappa shape index (κ3) is 4.03. The molecule has 0 amide bonds. The summed E-state index contributed by atoms with van der Waals surface area (Å²) in [6, 6.07) is 2.24. The summed E-state index contributed by atoms with van der Waals surface area (Å²) in [6.07, 6.45) is -8.94. The number of nitrogens with zero attached hydrogens (tertiary/aromatic N) is 2. The van der Waals surface area contributed by atoms with Crippen LogP contribution in [0.4, 0.5) is 22.0 Å². The average molecular weight is 281 g/mol. The van der Waals surface area contributed by atoms with Gasteiger partial charge in [-0.15, -0.1) is 13.2 Å². The normalized spacial score (nSPS) is 11.5. The van der Waals surface area contributed by atoms with Crippen LogP contribution < -0.4 is 10.5 Å². The van der Waals surface area contributed by atoms with Gasteiger partial charge >= 0.3 is 6.36 Å². The predicted molar refractivity (Wildman–Crippen MR) is 53.1 cm³/mol. The third-order valence-electron chi connectivity index (χ3n) is 2.05.